The molecule has 4 unspecified atom stereocenters. The molecule has 4 heterocycles. The summed E-state index contributed by atoms with van der Waals surface area (Å²) >= 11 is 0. The fourth-order valence-electron chi connectivity index (χ4n) is 5.62. The Morgan fingerprint density at radius 3 is 2.60 bits per heavy atom. The van der Waals surface area contributed by atoms with E-state index in [0.29, 0.717) is 31.3 Å². The number of Topliss-reactive ketones (excluding diaryl/α,β-unsaturated/α-hetero) is 1. The Labute approximate surface area is 175 Å². The van der Waals surface area contributed by atoms with E-state index in [2.05, 4.69) is 21.6 Å². The van der Waals surface area contributed by atoms with Gasteiger partial charge in [0.25, 0.3) is 0 Å². The number of hydrogen-bond acceptors (Lipinski definition) is 7. The van der Waals surface area contributed by atoms with Crippen LogP contribution in [-0.4, -0.2) is 64.9 Å². The molecular weight excluding hydrogens is 384 g/mol. The Morgan fingerprint density at radius 2 is 1.90 bits per heavy atom. The maximum Gasteiger partial charge on any atom is 0.243 e. The summed E-state index contributed by atoms with van der Waals surface area (Å²) in [6, 6.07) is 5.89. The normalized spacial score (nSPS) is 31.5. The maximum absolute atomic E-state index is 12.6. The second-order valence-electron chi connectivity index (χ2n) is 8.81. The maximum atomic E-state index is 12.6. The molecule has 3 fully saturated rings. The first-order valence-corrected chi connectivity index (χ1v) is 10.7. The van der Waals surface area contributed by atoms with E-state index in [1.807, 2.05) is 12.1 Å². The zero-order valence-electron chi connectivity index (χ0n) is 16.8. The number of nitrogens with one attached hydrogen (secondary N) is 2. The number of benzene rings is 1. The number of aldehydes is 1. The van der Waals surface area contributed by atoms with Gasteiger partial charge in [-0.05, 0) is 36.0 Å². The van der Waals surface area contributed by atoms with Gasteiger partial charge in [0.1, 0.15) is 6.04 Å². The van der Waals surface area contributed by atoms with Crippen molar-refractivity contribution < 1.29 is 19.2 Å². The van der Waals surface area contributed by atoms with Crippen molar-refractivity contribution in [1.82, 2.24) is 20.4 Å². The van der Waals surface area contributed by atoms with Crippen LogP contribution >= 0.6 is 0 Å². The minimum absolute atomic E-state index is 0.238. The second kappa shape index (κ2) is 7.68. The van der Waals surface area contributed by atoms with Gasteiger partial charge in [0.05, 0.1) is 6.04 Å². The minimum Gasteiger partial charge on any atom is -0.314 e. The molecule has 2 bridgehead atoms. The third kappa shape index (κ3) is 3.29. The summed E-state index contributed by atoms with van der Waals surface area (Å²) in [5.41, 5.74) is 2.91. The Bertz CT molecular complexity index is 900. The Balaban J connectivity index is 1.42. The molecule has 8 nitrogen and oxygen atoms in total. The summed E-state index contributed by atoms with van der Waals surface area (Å²) in [5, 5.41) is 5.85. The molecule has 0 spiro atoms. The number of piperazine rings is 1. The topological polar surface area (TPSA) is 98.8 Å². The fourth-order valence-corrected chi connectivity index (χ4v) is 5.62. The van der Waals surface area contributed by atoms with Crippen molar-refractivity contribution in [2.75, 3.05) is 13.1 Å². The number of carbonyl (C=O) groups is 4. The lowest BCUT2D eigenvalue weighted by Gasteiger charge is -2.35. The molecule has 4 aliphatic rings. The molecule has 4 aliphatic heterocycles. The number of rotatable bonds is 5. The van der Waals surface area contributed by atoms with Gasteiger partial charge in [0, 0.05) is 44.7 Å². The van der Waals surface area contributed by atoms with Crippen molar-refractivity contribution in [3.63, 3.8) is 0 Å². The summed E-state index contributed by atoms with van der Waals surface area (Å²) in [6.45, 7) is 3.27. The lowest BCUT2D eigenvalue weighted by atomic mass is 9.97. The Kier molecular flexibility index (Phi) is 5.00. The molecule has 8 heteroatoms. The third-order valence-corrected chi connectivity index (χ3v) is 7.08. The van der Waals surface area contributed by atoms with E-state index in [0.717, 1.165) is 36.3 Å². The molecule has 158 valence electrons. The van der Waals surface area contributed by atoms with Crippen LogP contribution in [0.15, 0.2) is 18.2 Å². The summed E-state index contributed by atoms with van der Waals surface area (Å²) in [4.78, 5) is 52.3. The first-order valence-electron chi connectivity index (χ1n) is 10.7. The van der Waals surface area contributed by atoms with Crippen molar-refractivity contribution in [3.8, 4) is 0 Å². The van der Waals surface area contributed by atoms with Gasteiger partial charge in [-0.3, -0.25) is 34.3 Å². The predicted octanol–water partition coefficient (Wildman–Crippen LogP) is 0.0527. The number of ketones is 1. The lowest BCUT2D eigenvalue weighted by molar-refractivity contribution is -0.141. The number of carbonyl (C=O) groups excluding carboxylic acids is 4. The Morgan fingerprint density at radius 1 is 1.13 bits per heavy atom. The van der Waals surface area contributed by atoms with E-state index >= 15 is 0 Å². The van der Waals surface area contributed by atoms with Crippen LogP contribution in [0.5, 0.6) is 0 Å². The van der Waals surface area contributed by atoms with E-state index in [4.69, 9.17) is 0 Å². The molecule has 5 rings (SSSR count). The molecule has 3 saturated heterocycles. The van der Waals surface area contributed by atoms with Crippen molar-refractivity contribution in [2.45, 2.75) is 62.9 Å². The number of amides is 2. The first kappa shape index (κ1) is 19.5. The summed E-state index contributed by atoms with van der Waals surface area (Å²) in [6.07, 6.45) is 3.36. The molecule has 1 aromatic rings. The molecule has 30 heavy (non-hydrogen) atoms. The van der Waals surface area contributed by atoms with Gasteiger partial charge in [-0.15, -0.1) is 0 Å². The smallest absolute Gasteiger partial charge is 0.243 e. The standard InChI is InChI=1S/C22H26N4O4/c27-12-19(28)21-17-7-13(10-25-15-3-4-16(25)9-23-8-15)1-2-14(17)11-26(21)18-5-6-20(29)24-22(18)30/h1-2,7,12,15-16,18,21,23H,3-6,8-11H2,(H,24,29,30). The average molecular weight is 410 g/mol. The zero-order valence-corrected chi connectivity index (χ0v) is 16.8. The quantitative estimate of drug-likeness (QED) is 0.402. The van der Waals surface area contributed by atoms with Gasteiger partial charge in [-0.1, -0.05) is 18.2 Å². The monoisotopic (exact) mass is 410 g/mol. The van der Waals surface area contributed by atoms with Crippen molar-refractivity contribution in [2.24, 2.45) is 0 Å². The first-order chi connectivity index (χ1) is 14.5. The van der Waals surface area contributed by atoms with Gasteiger partial charge < -0.3 is 5.32 Å². The van der Waals surface area contributed by atoms with Crippen LogP contribution in [0.2, 0.25) is 0 Å². The van der Waals surface area contributed by atoms with Crippen LogP contribution < -0.4 is 10.6 Å². The van der Waals surface area contributed by atoms with Crippen LogP contribution in [0.25, 0.3) is 0 Å². The summed E-state index contributed by atoms with van der Waals surface area (Å²) < 4.78 is 0. The molecular formula is C22H26N4O4. The zero-order chi connectivity index (χ0) is 20.8. The summed E-state index contributed by atoms with van der Waals surface area (Å²) in [5.74, 6) is -1.22. The third-order valence-electron chi connectivity index (χ3n) is 7.08. The predicted molar refractivity (Wildman–Crippen MR) is 107 cm³/mol. The second-order valence-corrected chi connectivity index (χ2v) is 8.81. The van der Waals surface area contributed by atoms with Gasteiger partial charge in [0.2, 0.25) is 17.6 Å². The summed E-state index contributed by atoms with van der Waals surface area (Å²) in [7, 11) is 0. The number of hydrogen-bond donors (Lipinski definition) is 2. The van der Waals surface area contributed by atoms with Crippen molar-refractivity contribution in [3.05, 3.63) is 34.9 Å². The van der Waals surface area contributed by atoms with Crippen LogP contribution in [0, 0.1) is 0 Å². The molecule has 4 atom stereocenters. The number of imide groups is 1. The van der Waals surface area contributed by atoms with Crippen LogP contribution in [0.4, 0.5) is 0 Å². The Hall–Kier alpha value is -2.42. The number of fused-ring (bicyclic) bond motifs is 3. The van der Waals surface area contributed by atoms with Gasteiger partial charge >= 0.3 is 0 Å². The fraction of sp³-hybridized carbons (Fsp3) is 0.545. The molecule has 0 radical (unpaired) electrons. The molecule has 1 aromatic carbocycles. The van der Waals surface area contributed by atoms with Gasteiger partial charge in [-0.25, -0.2) is 0 Å². The van der Waals surface area contributed by atoms with E-state index in [1.54, 1.807) is 4.90 Å². The molecule has 0 aromatic heterocycles. The molecule has 2 N–H and O–H groups in total. The average Bonchev–Trinajstić information content (AvgIpc) is 3.19. The SMILES string of the molecule is O=CC(=O)C1c2cc(CN3C4CCC3CNC4)ccc2CN1C1CCC(=O)NC1=O. The van der Waals surface area contributed by atoms with Crippen LogP contribution in [-0.2, 0) is 32.3 Å². The van der Waals surface area contributed by atoms with E-state index in [1.165, 1.54) is 12.8 Å². The van der Waals surface area contributed by atoms with Crippen LogP contribution in [0.3, 0.4) is 0 Å². The lowest BCUT2D eigenvalue weighted by Crippen LogP contribution is -2.52. The van der Waals surface area contributed by atoms with Crippen molar-refractivity contribution in [1.29, 1.82) is 0 Å². The van der Waals surface area contributed by atoms with E-state index < -0.39 is 17.9 Å². The van der Waals surface area contributed by atoms with Gasteiger partial charge in [-0.2, -0.15) is 0 Å². The molecule has 0 saturated carbocycles. The van der Waals surface area contributed by atoms with Gasteiger partial charge in [0.15, 0.2) is 6.29 Å². The molecule has 0 aliphatic carbocycles. The van der Waals surface area contributed by atoms with E-state index in [9.17, 15) is 19.2 Å². The number of nitrogens with zero attached hydrogens (tertiary/aromatic N) is 2. The highest BCUT2D eigenvalue weighted by Gasteiger charge is 2.43. The van der Waals surface area contributed by atoms with E-state index in [-0.39, 0.29) is 18.2 Å². The largest absolute Gasteiger partial charge is 0.314 e. The minimum atomic E-state index is -0.763. The van der Waals surface area contributed by atoms with Crippen molar-refractivity contribution >= 4 is 23.9 Å². The van der Waals surface area contributed by atoms with Crippen LogP contribution in [0.1, 0.15) is 48.4 Å². The molecule has 2 amide bonds. The highest BCUT2D eigenvalue weighted by atomic mass is 16.2. The highest BCUT2D eigenvalue weighted by molar-refractivity contribution is 6.27. The number of piperidine rings is 1. The highest BCUT2D eigenvalue weighted by Crippen LogP contribution is 2.38.